The Hall–Kier alpha value is -0.240. The summed E-state index contributed by atoms with van der Waals surface area (Å²) in [4.78, 5) is 0. The second-order valence-corrected chi connectivity index (χ2v) is 5.28. The first-order valence-corrected chi connectivity index (χ1v) is 6.63. The van der Waals surface area contributed by atoms with E-state index in [1.807, 2.05) is 12.1 Å². The van der Waals surface area contributed by atoms with Crippen LogP contribution in [0, 0.1) is 5.92 Å². The lowest BCUT2D eigenvalue weighted by Crippen LogP contribution is -2.35. The van der Waals surface area contributed by atoms with Gasteiger partial charge in [-0.1, -0.05) is 42.6 Å². The molecule has 3 heteroatoms. The molecule has 2 atom stereocenters. The number of nitrogens with one attached hydrogen (secondary N) is 1. The molecule has 16 heavy (non-hydrogen) atoms. The minimum atomic E-state index is 0.580. The molecule has 0 saturated carbocycles. The fraction of sp³-hybridized carbons (Fsp3) is 0.538. The largest absolute Gasteiger partial charge is 0.316 e. The van der Waals surface area contributed by atoms with Gasteiger partial charge in [0.05, 0.1) is 0 Å². The van der Waals surface area contributed by atoms with E-state index in [9.17, 15) is 0 Å². The summed E-state index contributed by atoms with van der Waals surface area (Å²) in [6.45, 7) is 4.43. The third kappa shape index (κ3) is 2.53. The van der Waals surface area contributed by atoms with Crippen molar-refractivity contribution in [1.29, 1.82) is 0 Å². The van der Waals surface area contributed by atoms with Crippen molar-refractivity contribution in [3.8, 4) is 0 Å². The van der Waals surface area contributed by atoms with Gasteiger partial charge in [-0.25, -0.2) is 0 Å². The number of rotatable bonds is 2. The molecule has 2 unspecified atom stereocenters. The lowest BCUT2D eigenvalue weighted by atomic mass is 9.80. The highest BCUT2D eigenvalue weighted by atomic mass is 35.5. The van der Waals surface area contributed by atoms with Crippen molar-refractivity contribution in [3.05, 3.63) is 33.8 Å². The molecule has 1 saturated heterocycles. The predicted octanol–water partition coefficient (Wildman–Crippen LogP) is 4.10. The lowest BCUT2D eigenvalue weighted by molar-refractivity contribution is 0.318. The van der Waals surface area contributed by atoms with Crippen LogP contribution >= 0.6 is 23.2 Å². The Labute approximate surface area is 107 Å². The van der Waals surface area contributed by atoms with Crippen LogP contribution in [0.2, 0.25) is 10.0 Å². The number of hydrogen-bond acceptors (Lipinski definition) is 1. The van der Waals surface area contributed by atoms with E-state index in [0.29, 0.717) is 11.8 Å². The predicted molar refractivity (Wildman–Crippen MR) is 70.5 cm³/mol. The number of halogens is 2. The van der Waals surface area contributed by atoms with Crippen molar-refractivity contribution in [1.82, 2.24) is 5.32 Å². The molecule has 1 fully saturated rings. The third-order valence-electron chi connectivity index (χ3n) is 3.49. The molecule has 1 nitrogen and oxygen atoms in total. The minimum absolute atomic E-state index is 0.580. The zero-order chi connectivity index (χ0) is 11.5. The Morgan fingerprint density at radius 2 is 2.19 bits per heavy atom. The standard InChI is InChI=1S/C13H17Cl2N/c1-2-9-8-16-6-5-11(9)12-4-3-10(14)7-13(12)15/h3-4,7,9,11,16H,2,5-6,8H2,1H3. The van der Waals surface area contributed by atoms with Crippen LogP contribution in [-0.4, -0.2) is 13.1 Å². The molecule has 1 aliphatic heterocycles. The van der Waals surface area contributed by atoms with Crippen LogP contribution in [0.3, 0.4) is 0 Å². The summed E-state index contributed by atoms with van der Waals surface area (Å²) in [7, 11) is 0. The fourth-order valence-corrected chi connectivity index (χ4v) is 3.11. The quantitative estimate of drug-likeness (QED) is 0.842. The fourth-order valence-electron chi connectivity index (χ4n) is 2.56. The molecule has 88 valence electrons. The molecule has 1 aromatic carbocycles. The van der Waals surface area contributed by atoms with E-state index in [-0.39, 0.29) is 0 Å². The maximum Gasteiger partial charge on any atom is 0.0455 e. The molecule has 1 aliphatic rings. The molecule has 1 heterocycles. The van der Waals surface area contributed by atoms with Crippen LogP contribution < -0.4 is 5.32 Å². The molecule has 2 rings (SSSR count). The van der Waals surface area contributed by atoms with Crippen LogP contribution in [-0.2, 0) is 0 Å². The van der Waals surface area contributed by atoms with Gasteiger partial charge in [-0.2, -0.15) is 0 Å². The van der Waals surface area contributed by atoms with E-state index in [2.05, 4.69) is 18.3 Å². The highest BCUT2D eigenvalue weighted by molar-refractivity contribution is 6.35. The van der Waals surface area contributed by atoms with Crippen molar-refractivity contribution >= 4 is 23.2 Å². The Morgan fingerprint density at radius 3 is 2.88 bits per heavy atom. The first kappa shape index (κ1) is 12.2. The zero-order valence-corrected chi connectivity index (χ0v) is 11.0. The Kier molecular flexibility index (Phi) is 4.12. The molecule has 0 amide bonds. The molecular formula is C13H17Cl2N. The highest BCUT2D eigenvalue weighted by Gasteiger charge is 2.26. The van der Waals surface area contributed by atoms with Gasteiger partial charge in [0.15, 0.2) is 0 Å². The first-order valence-electron chi connectivity index (χ1n) is 5.88. The number of hydrogen-bond donors (Lipinski definition) is 1. The third-order valence-corrected chi connectivity index (χ3v) is 4.06. The minimum Gasteiger partial charge on any atom is -0.316 e. The smallest absolute Gasteiger partial charge is 0.0455 e. The van der Waals surface area contributed by atoms with E-state index < -0.39 is 0 Å². The van der Waals surface area contributed by atoms with Gasteiger partial charge in [0.25, 0.3) is 0 Å². The molecule has 0 radical (unpaired) electrons. The Balaban J connectivity index is 2.27. The van der Waals surface area contributed by atoms with Crippen LogP contribution in [0.5, 0.6) is 0 Å². The van der Waals surface area contributed by atoms with Gasteiger partial charge >= 0.3 is 0 Å². The van der Waals surface area contributed by atoms with Crippen molar-refractivity contribution in [2.75, 3.05) is 13.1 Å². The average Bonchev–Trinajstić information content (AvgIpc) is 2.29. The SMILES string of the molecule is CCC1CNCCC1c1ccc(Cl)cc1Cl. The molecule has 0 aromatic heterocycles. The Bertz CT molecular complexity index is 365. The van der Waals surface area contributed by atoms with E-state index in [1.54, 1.807) is 0 Å². The zero-order valence-electron chi connectivity index (χ0n) is 9.47. The van der Waals surface area contributed by atoms with Gasteiger partial charge in [0.2, 0.25) is 0 Å². The molecule has 0 aliphatic carbocycles. The topological polar surface area (TPSA) is 12.0 Å². The van der Waals surface area contributed by atoms with Crippen molar-refractivity contribution in [2.24, 2.45) is 5.92 Å². The van der Waals surface area contributed by atoms with Crippen LogP contribution in [0.15, 0.2) is 18.2 Å². The summed E-state index contributed by atoms with van der Waals surface area (Å²) in [5, 5.41) is 4.98. The maximum atomic E-state index is 6.28. The summed E-state index contributed by atoms with van der Waals surface area (Å²) in [6.07, 6.45) is 2.36. The Morgan fingerprint density at radius 1 is 1.38 bits per heavy atom. The van der Waals surface area contributed by atoms with Crippen molar-refractivity contribution in [3.63, 3.8) is 0 Å². The second kappa shape index (κ2) is 5.39. The number of piperidine rings is 1. The van der Waals surface area contributed by atoms with E-state index in [0.717, 1.165) is 23.1 Å². The number of benzene rings is 1. The molecule has 1 N–H and O–H groups in total. The van der Waals surface area contributed by atoms with Gasteiger partial charge in [-0.15, -0.1) is 0 Å². The maximum absolute atomic E-state index is 6.28. The first-order chi connectivity index (χ1) is 7.72. The van der Waals surface area contributed by atoms with Gasteiger partial charge in [-0.3, -0.25) is 0 Å². The summed E-state index contributed by atoms with van der Waals surface area (Å²) in [6, 6.07) is 5.88. The summed E-state index contributed by atoms with van der Waals surface area (Å²) >= 11 is 12.2. The van der Waals surface area contributed by atoms with Crippen LogP contribution in [0.1, 0.15) is 31.2 Å². The average molecular weight is 258 g/mol. The van der Waals surface area contributed by atoms with Crippen LogP contribution in [0.25, 0.3) is 0 Å². The highest BCUT2D eigenvalue weighted by Crippen LogP contribution is 2.37. The van der Waals surface area contributed by atoms with Gasteiger partial charge in [0, 0.05) is 10.0 Å². The molecule has 1 aromatic rings. The van der Waals surface area contributed by atoms with Gasteiger partial charge in [-0.05, 0) is 49.0 Å². The van der Waals surface area contributed by atoms with E-state index >= 15 is 0 Å². The molecule has 0 spiro atoms. The summed E-state index contributed by atoms with van der Waals surface area (Å²) in [5.41, 5.74) is 1.26. The van der Waals surface area contributed by atoms with E-state index in [1.165, 1.54) is 18.4 Å². The monoisotopic (exact) mass is 257 g/mol. The summed E-state index contributed by atoms with van der Waals surface area (Å²) < 4.78 is 0. The molecular weight excluding hydrogens is 241 g/mol. The second-order valence-electron chi connectivity index (χ2n) is 4.43. The van der Waals surface area contributed by atoms with Crippen LogP contribution in [0.4, 0.5) is 0 Å². The summed E-state index contributed by atoms with van der Waals surface area (Å²) in [5.74, 6) is 1.27. The van der Waals surface area contributed by atoms with Crippen molar-refractivity contribution < 1.29 is 0 Å². The lowest BCUT2D eigenvalue weighted by Gasteiger charge is -2.32. The van der Waals surface area contributed by atoms with Crippen molar-refractivity contribution in [2.45, 2.75) is 25.7 Å². The van der Waals surface area contributed by atoms with Gasteiger partial charge in [0.1, 0.15) is 0 Å². The van der Waals surface area contributed by atoms with Gasteiger partial charge < -0.3 is 5.32 Å². The van der Waals surface area contributed by atoms with E-state index in [4.69, 9.17) is 23.2 Å². The normalized spacial score (nSPS) is 25.7. The molecule has 0 bridgehead atoms.